The van der Waals surface area contributed by atoms with Crippen molar-refractivity contribution >= 4 is 44.9 Å². The van der Waals surface area contributed by atoms with Crippen LogP contribution in [0.5, 0.6) is 0 Å². The molecule has 0 atom stereocenters. The predicted molar refractivity (Wildman–Crippen MR) is 121 cm³/mol. The largest absolute Gasteiger partial charge is 0.351 e. The van der Waals surface area contributed by atoms with Gasteiger partial charge in [-0.1, -0.05) is 42.5 Å². The summed E-state index contributed by atoms with van der Waals surface area (Å²) >= 11 is 1.23. The first-order valence-electron chi connectivity index (χ1n) is 9.53. The summed E-state index contributed by atoms with van der Waals surface area (Å²) in [7, 11) is 0. The van der Waals surface area contributed by atoms with Gasteiger partial charge in [0.2, 0.25) is 0 Å². The van der Waals surface area contributed by atoms with Crippen LogP contribution in [0.2, 0.25) is 0 Å². The molecule has 3 amide bonds. The fraction of sp³-hybridized carbons (Fsp3) is 0.0870. The number of nitrogens with one attached hydrogen (secondary N) is 3. The van der Waals surface area contributed by atoms with E-state index in [1.165, 1.54) is 11.3 Å². The number of para-hydroxylation sites is 2. The SMILES string of the molecule is O=C(Nc1ccccc1)Nc1ccc(C(=O)NCCc2cccc3cccnc23)s1. The number of anilines is 2. The Morgan fingerprint density at radius 3 is 2.57 bits per heavy atom. The average molecular weight is 417 g/mol. The van der Waals surface area contributed by atoms with E-state index in [9.17, 15) is 9.59 Å². The van der Waals surface area contributed by atoms with Crippen LogP contribution in [0, 0.1) is 0 Å². The lowest BCUT2D eigenvalue weighted by Gasteiger charge is -2.07. The van der Waals surface area contributed by atoms with E-state index in [2.05, 4.69) is 20.9 Å². The minimum Gasteiger partial charge on any atom is -0.351 e. The zero-order valence-electron chi connectivity index (χ0n) is 16.1. The van der Waals surface area contributed by atoms with Gasteiger partial charge in [-0.3, -0.25) is 15.1 Å². The van der Waals surface area contributed by atoms with E-state index < -0.39 is 0 Å². The maximum atomic E-state index is 12.4. The van der Waals surface area contributed by atoms with Crippen LogP contribution in [0.25, 0.3) is 10.9 Å². The zero-order chi connectivity index (χ0) is 20.8. The minimum absolute atomic E-state index is 0.162. The Hall–Kier alpha value is -3.71. The van der Waals surface area contributed by atoms with Gasteiger partial charge in [0.25, 0.3) is 5.91 Å². The predicted octanol–water partition coefficient (Wildman–Crippen LogP) is 4.91. The number of amides is 3. The first kappa shape index (κ1) is 19.6. The molecule has 0 fully saturated rings. The van der Waals surface area contributed by atoms with Gasteiger partial charge in [0, 0.05) is 23.8 Å². The number of carbonyl (C=O) groups excluding carboxylic acids is 2. The van der Waals surface area contributed by atoms with Gasteiger partial charge in [0.05, 0.1) is 15.4 Å². The second-order valence-electron chi connectivity index (χ2n) is 6.61. The van der Waals surface area contributed by atoms with Gasteiger partial charge >= 0.3 is 6.03 Å². The van der Waals surface area contributed by atoms with E-state index in [1.807, 2.05) is 48.5 Å². The summed E-state index contributed by atoms with van der Waals surface area (Å²) < 4.78 is 0. The number of nitrogens with zero attached hydrogens (tertiary/aromatic N) is 1. The third-order valence-corrected chi connectivity index (χ3v) is 5.49. The maximum Gasteiger partial charge on any atom is 0.324 e. The number of benzene rings is 2. The number of urea groups is 1. The minimum atomic E-state index is -0.349. The van der Waals surface area contributed by atoms with Gasteiger partial charge in [0.15, 0.2) is 0 Å². The second-order valence-corrected chi connectivity index (χ2v) is 7.69. The Labute approximate surface area is 178 Å². The van der Waals surface area contributed by atoms with Gasteiger partial charge < -0.3 is 10.6 Å². The third kappa shape index (κ3) is 4.82. The summed E-state index contributed by atoms with van der Waals surface area (Å²) in [5, 5.41) is 10.1. The lowest BCUT2D eigenvalue weighted by Crippen LogP contribution is -2.25. The van der Waals surface area contributed by atoms with Gasteiger partial charge in [-0.05, 0) is 42.3 Å². The topological polar surface area (TPSA) is 83.1 Å². The summed E-state index contributed by atoms with van der Waals surface area (Å²) in [4.78, 5) is 29.5. The van der Waals surface area contributed by atoms with Crippen molar-refractivity contribution in [1.82, 2.24) is 10.3 Å². The molecule has 0 saturated heterocycles. The van der Waals surface area contributed by atoms with Crippen LogP contribution in [-0.4, -0.2) is 23.5 Å². The smallest absolute Gasteiger partial charge is 0.324 e. The highest BCUT2D eigenvalue weighted by molar-refractivity contribution is 7.18. The lowest BCUT2D eigenvalue weighted by molar-refractivity contribution is 0.0958. The number of hydrogen-bond donors (Lipinski definition) is 3. The Bertz CT molecular complexity index is 1170. The first-order valence-corrected chi connectivity index (χ1v) is 10.3. The number of fused-ring (bicyclic) bond motifs is 1. The Morgan fingerprint density at radius 2 is 1.70 bits per heavy atom. The van der Waals surface area contributed by atoms with Crippen molar-refractivity contribution in [2.24, 2.45) is 0 Å². The molecular formula is C23H20N4O2S. The normalized spacial score (nSPS) is 10.5. The van der Waals surface area contributed by atoms with Crippen molar-refractivity contribution in [2.75, 3.05) is 17.2 Å². The number of carbonyl (C=O) groups is 2. The third-order valence-electron chi connectivity index (χ3n) is 4.49. The molecule has 0 radical (unpaired) electrons. The molecule has 2 aromatic heterocycles. The highest BCUT2D eigenvalue weighted by atomic mass is 32.1. The molecule has 3 N–H and O–H groups in total. The van der Waals surface area contributed by atoms with Crippen LogP contribution in [0.15, 0.2) is 79.0 Å². The zero-order valence-corrected chi connectivity index (χ0v) is 16.9. The van der Waals surface area contributed by atoms with Gasteiger partial charge in [-0.25, -0.2) is 4.79 Å². The first-order chi connectivity index (χ1) is 14.7. The van der Waals surface area contributed by atoms with Crippen LogP contribution in [0.1, 0.15) is 15.2 Å². The number of aromatic nitrogens is 1. The standard InChI is InChI=1S/C23H20N4O2S/c28-22(25-15-13-17-7-4-6-16-8-5-14-24-21(16)17)19-11-12-20(30-19)27-23(29)26-18-9-2-1-3-10-18/h1-12,14H,13,15H2,(H,25,28)(H2,26,27,29). The summed E-state index contributed by atoms with van der Waals surface area (Å²) in [5.41, 5.74) is 2.76. The maximum absolute atomic E-state index is 12.4. The molecule has 0 spiro atoms. The molecule has 2 aromatic carbocycles. The Balaban J connectivity index is 1.30. The van der Waals surface area contributed by atoms with Crippen LogP contribution < -0.4 is 16.0 Å². The molecule has 0 aliphatic rings. The van der Waals surface area contributed by atoms with E-state index in [1.54, 1.807) is 30.5 Å². The summed E-state index contributed by atoms with van der Waals surface area (Å²) in [6.45, 7) is 0.504. The number of pyridine rings is 1. The molecule has 0 aliphatic heterocycles. The van der Waals surface area contributed by atoms with Crippen LogP contribution in [0.4, 0.5) is 15.5 Å². The molecule has 0 bridgehead atoms. The number of thiophene rings is 1. The van der Waals surface area contributed by atoms with Crippen molar-refractivity contribution in [3.05, 3.63) is 89.4 Å². The molecule has 0 saturated carbocycles. The average Bonchev–Trinajstić information content (AvgIpc) is 3.23. The lowest BCUT2D eigenvalue weighted by atomic mass is 10.1. The molecule has 4 rings (SSSR count). The number of hydrogen-bond acceptors (Lipinski definition) is 4. The molecule has 0 aliphatic carbocycles. The summed E-state index contributed by atoms with van der Waals surface area (Å²) in [6, 6.07) is 22.2. The van der Waals surface area contributed by atoms with Crippen molar-refractivity contribution in [3.63, 3.8) is 0 Å². The molecule has 7 heteroatoms. The molecule has 30 heavy (non-hydrogen) atoms. The van der Waals surface area contributed by atoms with E-state index in [-0.39, 0.29) is 11.9 Å². The number of rotatable bonds is 6. The Kier molecular flexibility index (Phi) is 6.01. The van der Waals surface area contributed by atoms with Crippen molar-refractivity contribution < 1.29 is 9.59 Å². The monoisotopic (exact) mass is 416 g/mol. The van der Waals surface area contributed by atoms with Crippen LogP contribution >= 0.6 is 11.3 Å². The quantitative estimate of drug-likeness (QED) is 0.417. The van der Waals surface area contributed by atoms with Crippen molar-refractivity contribution in [3.8, 4) is 0 Å². The highest BCUT2D eigenvalue weighted by Gasteiger charge is 2.11. The fourth-order valence-corrected chi connectivity index (χ4v) is 3.91. The van der Waals surface area contributed by atoms with Crippen molar-refractivity contribution in [2.45, 2.75) is 6.42 Å². The molecule has 4 aromatic rings. The highest BCUT2D eigenvalue weighted by Crippen LogP contribution is 2.22. The summed E-state index contributed by atoms with van der Waals surface area (Å²) in [5.74, 6) is -0.162. The molecule has 0 unspecified atom stereocenters. The van der Waals surface area contributed by atoms with E-state index in [0.717, 1.165) is 16.5 Å². The summed E-state index contributed by atoms with van der Waals surface area (Å²) in [6.07, 6.45) is 2.47. The van der Waals surface area contributed by atoms with Crippen LogP contribution in [0.3, 0.4) is 0 Å². The van der Waals surface area contributed by atoms with Gasteiger partial charge in [-0.15, -0.1) is 11.3 Å². The second kappa shape index (κ2) is 9.19. The fourth-order valence-electron chi connectivity index (χ4n) is 3.09. The van der Waals surface area contributed by atoms with E-state index in [0.29, 0.717) is 28.5 Å². The van der Waals surface area contributed by atoms with E-state index in [4.69, 9.17) is 0 Å². The van der Waals surface area contributed by atoms with Crippen LogP contribution in [-0.2, 0) is 6.42 Å². The molecule has 2 heterocycles. The molecule has 150 valence electrons. The van der Waals surface area contributed by atoms with Crippen molar-refractivity contribution in [1.29, 1.82) is 0 Å². The Morgan fingerprint density at radius 1 is 0.867 bits per heavy atom. The van der Waals surface area contributed by atoms with Gasteiger partial charge in [0.1, 0.15) is 0 Å². The molecule has 6 nitrogen and oxygen atoms in total. The van der Waals surface area contributed by atoms with E-state index >= 15 is 0 Å². The molecular weight excluding hydrogens is 396 g/mol. The van der Waals surface area contributed by atoms with Gasteiger partial charge in [-0.2, -0.15) is 0 Å².